The molecule has 4 aromatic heterocycles. The fourth-order valence-electron chi connectivity index (χ4n) is 7.82. The van der Waals surface area contributed by atoms with E-state index in [2.05, 4.69) is 152 Å². The average Bonchev–Trinajstić information content (AvgIpc) is 3.72. The van der Waals surface area contributed by atoms with Gasteiger partial charge in [0.05, 0.1) is 21.4 Å². The van der Waals surface area contributed by atoms with Crippen LogP contribution in [0.4, 0.5) is 0 Å². The Morgan fingerprint density at radius 3 is 1.51 bits per heavy atom. The number of aromatic nitrogens is 5. The second kappa shape index (κ2) is 14.7. The Morgan fingerprint density at radius 1 is 0.339 bits per heavy atom. The zero-order chi connectivity index (χ0) is 39.1. The highest BCUT2D eigenvalue weighted by atomic mass is 32.1. The Balaban J connectivity index is 0.933. The molecule has 0 aliphatic carbocycles. The third-order valence-electron chi connectivity index (χ3n) is 10.8. The van der Waals surface area contributed by atoms with Crippen molar-refractivity contribution in [3.63, 3.8) is 0 Å². The topological polar surface area (TPSA) is 64.5 Å². The highest BCUT2D eigenvalue weighted by Gasteiger charge is 2.17. The van der Waals surface area contributed by atoms with E-state index in [1.54, 1.807) is 11.3 Å². The van der Waals surface area contributed by atoms with Gasteiger partial charge in [0.2, 0.25) is 0 Å². The zero-order valence-corrected chi connectivity index (χ0v) is 32.5. The summed E-state index contributed by atoms with van der Waals surface area (Å²) in [5, 5.41) is 2.39. The van der Waals surface area contributed by atoms with Crippen molar-refractivity contribution in [3.8, 4) is 78.8 Å². The number of nitrogens with zero attached hydrogens (tertiary/aromatic N) is 5. The van der Waals surface area contributed by atoms with Crippen LogP contribution in [0.25, 0.3) is 110 Å². The first-order valence-electron chi connectivity index (χ1n) is 19.6. The molecule has 0 saturated heterocycles. The van der Waals surface area contributed by atoms with Crippen molar-refractivity contribution in [2.45, 2.75) is 0 Å². The molecule has 0 N–H and O–H groups in total. The number of hydrogen-bond acceptors (Lipinski definition) is 6. The molecule has 4 heterocycles. The molecule has 0 aliphatic rings. The summed E-state index contributed by atoms with van der Waals surface area (Å²) in [6.07, 6.45) is 1.85. The predicted molar refractivity (Wildman–Crippen MR) is 244 cm³/mol. The van der Waals surface area contributed by atoms with Gasteiger partial charge in [-0.3, -0.25) is 4.98 Å². The lowest BCUT2D eigenvalue weighted by Crippen LogP contribution is -2.00. The van der Waals surface area contributed by atoms with Gasteiger partial charge >= 0.3 is 0 Å². The van der Waals surface area contributed by atoms with Crippen LogP contribution in [-0.2, 0) is 0 Å². The van der Waals surface area contributed by atoms with Gasteiger partial charge in [-0.25, -0.2) is 19.9 Å². The van der Waals surface area contributed by atoms with Crippen molar-refractivity contribution in [2.24, 2.45) is 0 Å². The zero-order valence-electron chi connectivity index (χ0n) is 31.7. The number of hydrogen-bond donors (Lipinski definition) is 0. The molecule has 0 spiro atoms. The normalized spacial score (nSPS) is 11.4. The van der Waals surface area contributed by atoms with Crippen LogP contribution in [0.15, 0.2) is 200 Å². The first-order chi connectivity index (χ1) is 29.2. The lowest BCUT2D eigenvalue weighted by Gasteiger charge is -2.11. The summed E-state index contributed by atoms with van der Waals surface area (Å²) in [6, 6.07) is 67.4. The molecule has 11 aromatic rings. The van der Waals surface area contributed by atoms with E-state index in [1.807, 2.05) is 48.7 Å². The van der Waals surface area contributed by atoms with E-state index in [0.29, 0.717) is 17.5 Å². The fourth-order valence-corrected chi connectivity index (χ4v) is 9.04. The van der Waals surface area contributed by atoms with Gasteiger partial charge < -0.3 is 0 Å². The van der Waals surface area contributed by atoms with Crippen LogP contribution in [-0.4, -0.2) is 24.9 Å². The molecule has 5 nitrogen and oxygen atoms in total. The Bertz CT molecular complexity index is 3310. The SMILES string of the molecule is c1ccc(-c2ccc(-c3nc(-c4ccccc4)nc(-c4cccc(-c5cccc(-c6ccc(-c7nc8cccnc8c8c7sc7ccccc78)cc6)c5)c4)n3)cc2)cc1. The predicted octanol–water partition coefficient (Wildman–Crippen LogP) is 13.9. The number of rotatable bonds is 7. The van der Waals surface area contributed by atoms with Crippen molar-refractivity contribution < 1.29 is 0 Å². The van der Waals surface area contributed by atoms with Crippen molar-refractivity contribution in [2.75, 3.05) is 0 Å². The van der Waals surface area contributed by atoms with Crippen LogP contribution in [0.5, 0.6) is 0 Å². The lowest BCUT2D eigenvalue weighted by atomic mass is 9.97. The molecule has 7 aromatic carbocycles. The van der Waals surface area contributed by atoms with Gasteiger partial charge in [0.1, 0.15) is 0 Å². The molecule has 0 aliphatic heterocycles. The maximum absolute atomic E-state index is 5.15. The first-order valence-corrected chi connectivity index (χ1v) is 20.4. The number of fused-ring (bicyclic) bond motifs is 5. The smallest absolute Gasteiger partial charge is 0.164 e. The quantitative estimate of drug-likeness (QED) is 0.161. The van der Waals surface area contributed by atoms with Gasteiger partial charge in [0, 0.05) is 43.9 Å². The molecule has 0 bridgehead atoms. The largest absolute Gasteiger partial charge is 0.254 e. The summed E-state index contributed by atoms with van der Waals surface area (Å²) in [5.74, 6) is 1.89. The second-order valence-corrected chi connectivity index (χ2v) is 15.5. The van der Waals surface area contributed by atoms with E-state index < -0.39 is 0 Å². The second-order valence-electron chi connectivity index (χ2n) is 14.5. The van der Waals surface area contributed by atoms with Crippen LogP contribution in [0.3, 0.4) is 0 Å². The molecule has 276 valence electrons. The molecule has 0 radical (unpaired) electrons. The molecule has 0 unspecified atom stereocenters. The van der Waals surface area contributed by atoms with Crippen LogP contribution < -0.4 is 0 Å². The minimum absolute atomic E-state index is 0.625. The Morgan fingerprint density at radius 2 is 0.814 bits per heavy atom. The van der Waals surface area contributed by atoms with E-state index in [-0.39, 0.29) is 0 Å². The van der Waals surface area contributed by atoms with Gasteiger partial charge in [-0.15, -0.1) is 11.3 Å². The summed E-state index contributed by atoms with van der Waals surface area (Å²) >= 11 is 1.78. The van der Waals surface area contributed by atoms with E-state index in [1.165, 1.54) is 21.0 Å². The first kappa shape index (κ1) is 34.6. The standard InChI is InChI=1S/C53H33N5S/c1-3-12-34(13-4-1)35-25-29-39(30-26-35)52-56-51(38-14-5-2-6-15-38)57-53(58-52)43-19-10-18-42(33-43)41-17-9-16-40(32-41)36-23-27-37(28-24-36)48-50-47(44-20-7-8-22-46(44)59-50)49-45(55-48)21-11-31-54-49/h1-33H. The maximum Gasteiger partial charge on any atom is 0.164 e. The van der Waals surface area contributed by atoms with Crippen LogP contribution in [0.1, 0.15) is 0 Å². The van der Waals surface area contributed by atoms with Crippen molar-refractivity contribution >= 4 is 42.5 Å². The third-order valence-corrected chi connectivity index (χ3v) is 12.0. The third kappa shape index (κ3) is 6.52. The van der Waals surface area contributed by atoms with Crippen LogP contribution in [0, 0.1) is 0 Å². The van der Waals surface area contributed by atoms with Crippen molar-refractivity contribution in [1.29, 1.82) is 0 Å². The van der Waals surface area contributed by atoms with E-state index >= 15 is 0 Å². The van der Waals surface area contributed by atoms with Crippen molar-refractivity contribution in [3.05, 3.63) is 200 Å². The summed E-state index contributed by atoms with van der Waals surface area (Å²) in [4.78, 5) is 24.9. The molecule has 0 saturated carbocycles. The Hall–Kier alpha value is -7.67. The van der Waals surface area contributed by atoms with Crippen LogP contribution in [0.2, 0.25) is 0 Å². The summed E-state index contributed by atoms with van der Waals surface area (Å²) in [7, 11) is 0. The summed E-state index contributed by atoms with van der Waals surface area (Å²) < 4.78 is 2.40. The summed E-state index contributed by atoms with van der Waals surface area (Å²) in [6.45, 7) is 0. The molecular formula is C53H33N5S. The number of benzene rings is 7. The molecule has 6 heteroatoms. The van der Waals surface area contributed by atoms with Gasteiger partial charge in [-0.05, 0) is 63.7 Å². The highest BCUT2D eigenvalue weighted by molar-refractivity contribution is 7.26. The highest BCUT2D eigenvalue weighted by Crippen LogP contribution is 2.42. The molecule has 59 heavy (non-hydrogen) atoms. The summed E-state index contributed by atoms with van der Waals surface area (Å²) in [5.41, 5.74) is 13.5. The van der Waals surface area contributed by atoms with Crippen LogP contribution >= 0.6 is 11.3 Å². The van der Waals surface area contributed by atoms with E-state index in [9.17, 15) is 0 Å². The maximum atomic E-state index is 5.15. The van der Waals surface area contributed by atoms with Crippen molar-refractivity contribution in [1.82, 2.24) is 24.9 Å². The lowest BCUT2D eigenvalue weighted by molar-refractivity contribution is 1.07. The Kier molecular flexibility index (Phi) is 8.60. The van der Waals surface area contributed by atoms with Gasteiger partial charge in [0.25, 0.3) is 0 Å². The Labute approximate surface area is 345 Å². The number of thiophene rings is 1. The minimum atomic E-state index is 0.625. The van der Waals surface area contributed by atoms with Gasteiger partial charge in [-0.2, -0.15) is 0 Å². The van der Waals surface area contributed by atoms with Gasteiger partial charge in [0.15, 0.2) is 17.5 Å². The van der Waals surface area contributed by atoms with E-state index in [4.69, 9.17) is 24.9 Å². The number of pyridine rings is 2. The minimum Gasteiger partial charge on any atom is -0.254 e. The monoisotopic (exact) mass is 771 g/mol. The van der Waals surface area contributed by atoms with E-state index in [0.717, 1.165) is 71.5 Å². The van der Waals surface area contributed by atoms with Gasteiger partial charge in [-0.1, -0.05) is 164 Å². The molecule has 0 atom stereocenters. The fraction of sp³-hybridized carbons (Fsp3) is 0. The molecule has 11 rings (SSSR count). The molecule has 0 fully saturated rings. The molecular weight excluding hydrogens is 739 g/mol. The average molecular weight is 772 g/mol. The molecule has 0 amide bonds.